The standard InChI is InChI=1S/C28H25NO2/c1-31-28-19-13-23(14-20-28)8-7-22-9-15-26(16-10-22)29(25-5-3-2-4-6-25)27-17-11-24(21-30)12-18-27/h2-20,30H,21H2,1H3. The number of methoxy groups -OCH3 is 1. The molecular formula is C28H25NO2. The maximum Gasteiger partial charge on any atom is 0.118 e. The van der Waals surface area contributed by atoms with Crippen LogP contribution in [-0.4, -0.2) is 12.2 Å². The lowest BCUT2D eigenvalue weighted by Crippen LogP contribution is -2.09. The molecule has 0 spiro atoms. The third-order valence-corrected chi connectivity index (χ3v) is 5.13. The summed E-state index contributed by atoms with van der Waals surface area (Å²) < 4.78 is 5.21. The van der Waals surface area contributed by atoms with Gasteiger partial charge in [-0.1, -0.05) is 66.7 Å². The highest BCUT2D eigenvalue weighted by atomic mass is 16.5. The summed E-state index contributed by atoms with van der Waals surface area (Å²) in [6.45, 7) is 0.0425. The molecule has 0 aliphatic carbocycles. The maximum atomic E-state index is 9.36. The number of aliphatic hydroxyl groups excluding tert-OH is 1. The fourth-order valence-electron chi connectivity index (χ4n) is 3.42. The second kappa shape index (κ2) is 9.79. The van der Waals surface area contributed by atoms with Crippen molar-refractivity contribution in [2.24, 2.45) is 0 Å². The molecule has 3 heteroatoms. The summed E-state index contributed by atoms with van der Waals surface area (Å²) in [5.74, 6) is 0.856. The van der Waals surface area contributed by atoms with E-state index in [9.17, 15) is 5.11 Å². The van der Waals surface area contributed by atoms with Gasteiger partial charge in [-0.15, -0.1) is 0 Å². The maximum absolute atomic E-state index is 9.36. The minimum Gasteiger partial charge on any atom is -0.497 e. The molecule has 3 nitrogen and oxygen atoms in total. The molecule has 154 valence electrons. The summed E-state index contributed by atoms with van der Waals surface area (Å²) in [7, 11) is 1.67. The zero-order chi connectivity index (χ0) is 21.5. The van der Waals surface area contributed by atoms with Crippen LogP contribution in [0.2, 0.25) is 0 Å². The van der Waals surface area contributed by atoms with Crippen LogP contribution in [0, 0.1) is 0 Å². The molecule has 0 fully saturated rings. The number of anilines is 3. The number of para-hydroxylation sites is 1. The van der Waals surface area contributed by atoms with Gasteiger partial charge in [-0.3, -0.25) is 0 Å². The van der Waals surface area contributed by atoms with Crippen molar-refractivity contribution in [2.75, 3.05) is 12.0 Å². The van der Waals surface area contributed by atoms with Gasteiger partial charge in [-0.25, -0.2) is 0 Å². The van der Waals surface area contributed by atoms with E-state index in [4.69, 9.17) is 4.74 Å². The van der Waals surface area contributed by atoms with E-state index in [2.05, 4.69) is 53.5 Å². The van der Waals surface area contributed by atoms with Gasteiger partial charge < -0.3 is 14.7 Å². The minimum atomic E-state index is 0.0425. The molecule has 0 bridgehead atoms. The average molecular weight is 408 g/mol. The molecule has 0 radical (unpaired) electrons. The molecule has 0 atom stereocenters. The number of ether oxygens (including phenoxy) is 1. The van der Waals surface area contributed by atoms with Gasteiger partial charge >= 0.3 is 0 Å². The number of benzene rings is 4. The lowest BCUT2D eigenvalue weighted by molar-refractivity contribution is 0.282. The highest BCUT2D eigenvalue weighted by molar-refractivity contribution is 5.78. The molecule has 0 aromatic heterocycles. The van der Waals surface area contributed by atoms with Gasteiger partial charge in [-0.2, -0.15) is 0 Å². The number of nitrogens with zero attached hydrogens (tertiary/aromatic N) is 1. The Bertz CT molecular complexity index is 1120. The Labute approximate surface area is 183 Å². The van der Waals surface area contributed by atoms with Crippen molar-refractivity contribution in [3.05, 3.63) is 120 Å². The summed E-state index contributed by atoms with van der Waals surface area (Å²) in [5, 5.41) is 9.36. The summed E-state index contributed by atoms with van der Waals surface area (Å²) in [4.78, 5) is 2.21. The third-order valence-electron chi connectivity index (χ3n) is 5.13. The second-order valence-corrected chi connectivity index (χ2v) is 7.19. The number of hydrogen-bond acceptors (Lipinski definition) is 3. The summed E-state index contributed by atoms with van der Waals surface area (Å²) in [5.41, 5.74) is 6.36. The van der Waals surface area contributed by atoms with Gasteiger partial charge in [0.05, 0.1) is 13.7 Å². The Hall–Kier alpha value is -3.82. The normalized spacial score (nSPS) is 10.9. The van der Waals surface area contributed by atoms with E-state index >= 15 is 0 Å². The van der Waals surface area contributed by atoms with E-state index < -0.39 is 0 Å². The molecule has 0 aliphatic heterocycles. The van der Waals surface area contributed by atoms with Crippen molar-refractivity contribution in [2.45, 2.75) is 6.61 Å². The van der Waals surface area contributed by atoms with E-state index in [-0.39, 0.29) is 6.61 Å². The molecule has 0 unspecified atom stereocenters. The fourth-order valence-corrected chi connectivity index (χ4v) is 3.42. The Balaban J connectivity index is 1.60. The molecule has 1 N–H and O–H groups in total. The summed E-state index contributed by atoms with van der Waals surface area (Å²) in [6.07, 6.45) is 4.20. The third kappa shape index (κ3) is 5.03. The lowest BCUT2D eigenvalue weighted by Gasteiger charge is -2.25. The first-order chi connectivity index (χ1) is 15.3. The van der Waals surface area contributed by atoms with E-state index in [1.165, 1.54) is 0 Å². The molecule has 0 heterocycles. The van der Waals surface area contributed by atoms with E-state index in [1.54, 1.807) is 7.11 Å². The molecule has 0 saturated heterocycles. The number of hydrogen-bond donors (Lipinski definition) is 1. The Kier molecular flexibility index (Phi) is 6.46. The van der Waals surface area contributed by atoms with Crippen molar-refractivity contribution >= 4 is 29.2 Å². The first kappa shape index (κ1) is 20.5. The largest absolute Gasteiger partial charge is 0.497 e. The number of aliphatic hydroxyl groups is 1. The lowest BCUT2D eigenvalue weighted by atomic mass is 10.1. The Morgan fingerprint density at radius 2 is 1.13 bits per heavy atom. The van der Waals surface area contributed by atoms with Crippen molar-refractivity contribution in [3.63, 3.8) is 0 Å². The van der Waals surface area contributed by atoms with Crippen LogP contribution in [0.4, 0.5) is 17.1 Å². The van der Waals surface area contributed by atoms with E-state index in [0.717, 1.165) is 39.5 Å². The number of rotatable bonds is 7. The zero-order valence-electron chi connectivity index (χ0n) is 17.5. The molecule has 0 saturated carbocycles. The SMILES string of the molecule is COc1ccc(C=Cc2ccc(N(c3ccccc3)c3ccc(CO)cc3)cc2)cc1. The smallest absolute Gasteiger partial charge is 0.118 e. The first-order valence-corrected chi connectivity index (χ1v) is 10.2. The monoisotopic (exact) mass is 407 g/mol. The van der Waals surface area contributed by atoms with Crippen LogP contribution in [0.5, 0.6) is 5.75 Å². The van der Waals surface area contributed by atoms with Crippen LogP contribution >= 0.6 is 0 Å². The van der Waals surface area contributed by atoms with E-state index in [0.29, 0.717) is 0 Å². The van der Waals surface area contributed by atoms with Crippen molar-refractivity contribution in [1.29, 1.82) is 0 Å². The predicted molar refractivity (Wildman–Crippen MR) is 129 cm³/mol. The van der Waals surface area contributed by atoms with E-state index in [1.807, 2.05) is 66.7 Å². The van der Waals surface area contributed by atoms with Crippen molar-refractivity contribution in [3.8, 4) is 5.75 Å². The van der Waals surface area contributed by atoms with Crippen LogP contribution < -0.4 is 9.64 Å². The van der Waals surface area contributed by atoms with Crippen LogP contribution in [-0.2, 0) is 6.61 Å². The van der Waals surface area contributed by atoms with Gasteiger partial charge in [0.2, 0.25) is 0 Å². The zero-order valence-corrected chi connectivity index (χ0v) is 17.5. The molecule has 0 amide bonds. The Morgan fingerprint density at radius 3 is 1.65 bits per heavy atom. The van der Waals surface area contributed by atoms with Gasteiger partial charge in [0.15, 0.2) is 0 Å². The van der Waals surface area contributed by atoms with Crippen molar-refractivity contribution in [1.82, 2.24) is 0 Å². The molecular weight excluding hydrogens is 382 g/mol. The Morgan fingerprint density at radius 1 is 0.645 bits per heavy atom. The molecule has 4 rings (SSSR count). The van der Waals surface area contributed by atoms with Crippen LogP contribution in [0.3, 0.4) is 0 Å². The van der Waals surface area contributed by atoms with Crippen LogP contribution in [0.25, 0.3) is 12.2 Å². The molecule has 0 aliphatic rings. The average Bonchev–Trinajstić information content (AvgIpc) is 2.85. The van der Waals surface area contributed by atoms with Crippen LogP contribution in [0.15, 0.2) is 103 Å². The predicted octanol–water partition coefficient (Wildman–Crippen LogP) is 6.83. The quantitative estimate of drug-likeness (QED) is 0.341. The first-order valence-electron chi connectivity index (χ1n) is 10.2. The summed E-state index contributed by atoms with van der Waals surface area (Å²) in [6, 6.07) is 34.8. The van der Waals surface area contributed by atoms with Gasteiger partial charge in [0.25, 0.3) is 0 Å². The van der Waals surface area contributed by atoms with Gasteiger partial charge in [0.1, 0.15) is 5.75 Å². The molecule has 4 aromatic rings. The molecule has 31 heavy (non-hydrogen) atoms. The highest BCUT2D eigenvalue weighted by Gasteiger charge is 2.11. The summed E-state index contributed by atoms with van der Waals surface area (Å²) >= 11 is 0. The fraction of sp³-hybridized carbons (Fsp3) is 0.0714. The van der Waals surface area contributed by atoms with Crippen LogP contribution in [0.1, 0.15) is 16.7 Å². The topological polar surface area (TPSA) is 32.7 Å². The molecule has 4 aromatic carbocycles. The minimum absolute atomic E-state index is 0.0425. The van der Waals surface area contributed by atoms with Gasteiger partial charge in [-0.05, 0) is 65.2 Å². The highest BCUT2D eigenvalue weighted by Crippen LogP contribution is 2.34. The second-order valence-electron chi connectivity index (χ2n) is 7.19. The van der Waals surface area contributed by atoms with Gasteiger partial charge in [0, 0.05) is 17.1 Å². The van der Waals surface area contributed by atoms with Crippen molar-refractivity contribution < 1.29 is 9.84 Å².